The maximum Gasteiger partial charge on any atom is 0.253 e. The average molecular weight is 416 g/mol. The van der Waals surface area contributed by atoms with E-state index in [1.165, 1.54) is 12.7 Å². The smallest absolute Gasteiger partial charge is 0.253 e. The zero-order valence-electron chi connectivity index (χ0n) is 18.8. The van der Waals surface area contributed by atoms with Gasteiger partial charge in [0.25, 0.3) is 11.8 Å². The van der Waals surface area contributed by atoms with Crippen molar-refractivity contribution in [2.75, 3.05) is 34.3 Å². The van der Waals surface area contributed by atoms with E-state index in [2.05, 4.69) is 26.1 Å². The van der Waals surface area contributed by atoms with Crippen LogP contribution in [0.4, 0.5) is 0 Å². The number of carbonyl (C=O) groups excluding carboxylic acids is 3. The van der Waals surface area contributed by atoms with Crippen molar-refractivity contribution in [3.63, 3.8) is 0 Å². The lowest BCUT2D eigenvalue weighted by molar-refractivity contribution is -0.139. The fourth-order valence-electron chi connectivity index (χ4n) is 4.86. The van der Waals surface area contributed by atoms with Crippen LogP contribution in [0.25, 0.3) is 0 Å². The van der Waals surface area contributed by atoms with Crippen LogP contribution >= 0.6 is 0 Å². The summed E-state index contributed by atoms with van der Waals surface area (Å²) >= 11 is 0. The van der Waals surface area contributed by atoms with Gasteiger partial charge in [-0.3, -0.25) is 14.4 Å². The molecule has 0 aromatic heterocycles. The van der Waals surface area contributed by atoms with Crippen LogP contribution in [0, 0.1) is 5.92 Å². The molecule has 1 spiro atoms. The molecule has 7 nitrogen and oxygen atoms in total. The van der Waals surface area contributed by atoms with Crippen molar-refractivity contribution >= 4 is 17.7 Å². The minimum atomic E-state index is -0.790. The lowest BCUT2D eigenvalue weighted by Gasteiger charge is -2.46. The Morgan fingerprint density at radius 2 is 1.70 bits per heavy atom. The number of ether oxygens (including phenoxy) is 1. The van der Waals surface area contributed by atoms with Crippen LogP contribution in [0.5, 0.6) is 0 Å². The Morgan fingerprint density at radius 3 is 2.17 bits per heavy atom. The van der Waals surface area contributed by atoms with Gasteiger partial charge in [0.2, 0.25) is 5.91 Å². The molecule has 0 unspecified atom stereocenters. The molecule has 1 aromatic rings. The van der Waals surface area contributed by atoms with E-state index < -0.39 is 17.6 Å². The van der Waals surface area contributed by atoms with E-state index in [-0.39, 0.29) is 23.1 Å². The third kappa shape index (κ3) is 3.60. The minimum Gasteiger partial charge on any atom is -0.371 e. The molecule has 2 heterocycles. The highest BCUT2D eigenvalue weighted by Crippen LogP contribution is 2.44. The van der Waals surface area contributed by atoms with E-state index in [0.717, 1.165) is 0 Å². The number of amides is 3. The molecule has 164 valence electrons. The van der Waals surface area contributed by atoms with Crippen molar-refractivity contribution in [3.8, 4) is 0 Å². The maximum atomic E-state index is 13.0. The first-order valence-electron chi connectivity index (χ1n) is 10.5. The summed E-state index contributed by atoms with van der Waals surface area (Å²) in [4.78, 5) is 41.9. The van der Waals surface area contributed by atoms with Crippen molar-refractivity contribution < 1.29 is 19.1 Å². The molecule has 30 heavy (non-hydrogen) atoms. The molecule has 2 aliphatic rings. The molecule has 1 aromatic carbocycles. The van der Waals surface area contributed by atoms with E-state index in [9.17, 15) is 14.4 Å². The van der Waals surface area contributed by atoms with Gasteiger partial charge >= 0.3 is 0 Å². The van der Waals surface area contributed by atoms with E-state index in [1.807, 2.05) is 29.2 Å². The summed E-state index contributed by atoms with van der Waals surface area (Å²) in [6, 6.07) is 7.78. The minimum absolute atomic E-state index is 0.0166. The van der Waals surface area contributed by atoms with Crippen LogP contribution in [-0.4, -0.2) is 73.5 Å². The highest BCUT2D eigenvalue weighted by atomic mass is 16.5. The first-order chi connectivity index (χ1) is 14.1. The molecule has 2 aliphatic heterocycles. The average Bonchev–Trinajstić information content (AvgIpc) is 2.94. The molecule has 2 fully saturated rings. The third-order valence-electron chi connectivity index (χ3n) is 6.82. The highest BCUT2D eigenvalue weighted by Gasteiger charge is 2.61. The molecule has 0 radical (unpaired) electrons. The summed E-state index contributed by atoms with van der Waals surface area (Å²) in [5.74, 6) is -0.980. The van der Waals surface area contributed by atoms with Gasteiger partial charge in [0.15, 0.2) is 0 Å². The molecule has 3 rings (SSSR count). The van der Waals surface area contributed by atoms with Gasteiger partial charge in [0.05, 0.1) is 11.5 Å². The zero-order chi connectivity index (χ0) is 22.3. The van der Waals surface area contributed by atoms with Gasteiger partial charge in [0.1, 0.15) is 6.10 Å². The fourth-order valence-corrected chi connectivity index (χ4v) is 4.86. The normalized spacial score (nSPS) is 23.7. The van der Waals surface area contributed by atoms with E-state index in [1.54, 1.807) is 19.0 Å². The number of likely N-dealkylation sites (N-methyl/N-ethyl adjacent to an activating group) is 1. The van der Waals surface area contributed by atoms with Crippen molar-refractivity contribution in [2.45, 2.75) is 50.7 Å². The van der Waals surface area contributed by atoms with Crippen LogP contribution in [-0.2, 0) is 19.7 Å². The summed E-state index contributed by atoms with van der Waals surface area (Å²) < 4.78 is 5.41. The topological polar surface area (TPSA) is 79.0 Å². The van der Waals surface area contributed by atoms with Crippen molar-refractivity contribution in [3.05, 3.63) is 35.4 Å². The quantitative estimate of drug-likeness (QED) is 0.817. The molecule has 0 bridgehead atoms. The summed E-state index contributed by atoms with van der Waals surface area (Å²) in [6.07, 6.45) is 0.292. The van der Waals surface area contributed by atoms with Crippen LogP contribution in [0.15, 0.2) is 24.3 Å². The Morgan fingerprint density at radius 1 is 1.13 bits per heavy atom. The molecular formula is C23H33N3O4. The summed E-state index contributed by atoms with van der Waals surface area (Å²) in [6.45, 7) is 7.40. The molecule has 0 aliphatic carbocycles. The van der Waals surface area contributed by atoms with E-state index in [4.69, 9.17) is 4.74 Å². The van der Waals surface area contributed by atoms with Gasteiger partial charge in [-0.2, -0.15) is 0 Å². The molecule has 7 heteroatoms. The van der Waals surface area contributed by atoms with E-state index >= 15 is 0 Å². The largest absolute Gasteiger partial charge is 0.371 e. The molecule has 0 saturated carbocycles. The predicted molar refractivity (Wildman–Crippen MR) is 114 cm³/mol. The Balaban J connectivity index is 1.78. The van der Waals surface area contributed by atoms with Gasteiger partial charge in [-0.05, 0) is 36.0 Å². The van der Waals surface area contributed by atoms with E-state index in [0.29, 0.717) is 31.5 Å². The highest BCUT2D eigenvalue weighted by molar-refractivity contribution is 5.96. The number of benzene rings is 1. The maximum absolute atomic E-state index is 13.0. The molecule has 3 amide bonds. The van der Waals surface area contributed by atoms with Crippen LogP contribution in [0.2, 0.25) is 0 Å². The summed E-state index contributed by atoms with van der Waals surface area (Å²) in [7, 11) is 4.77. The first-order valence-corrected chi connectivity index (χ1v) is 10.5. The second kappa shape index (κ2) is 8.02. The zero-order valence-corrected chi connectivity index (χ0v) is 18.8. The number of hydrogen-bond acceptors (Lipinski definition) is 4. The van der Waals surface area contributed by atoms with Gasteiger partial charge < -0.3 is 19.9 Å². The van der Waals surface area contributed by atoms with Crippen LogP contribution in [0.3, 0.4) is 0 Å². The Kier molecular flexibility index (Phi) is 5.96. The Bertz CT molecular complexity index is 820. The van der Waals surface area contributed by atoms with Crippen LogP contribution in [0.1, 0.15) is 49.5 Å². The molecule has 2 saturated heterocycles. The number of carbonyl (C=O) groups is 3. The standard InChI is InChI=1S/C23H33N3O4/c1-22(2,3)16-9-7-15(8-10-16)20(28)26-13-11-23(12-14-26)17(19(27)24-4)18(30-6)21(29)25(23)5/h7-10,17-18H,11-14H2,1-6H3,(H,24,27)/t17-,18+/m0/s1. The van der Waals surface area contributed by atoms with Crippen molar-refractivity contribution in [1.29, 1.82) is 0 Å². The van der Waals surface area contributed by atoms with Crippen molar-refractivity contribution in [2.24, 2.45) is 5.92 Å². The van der Waals surface area contributed by atoms with Crippen LogP contribution < -0.4 is 5.32 Å². The number of nitrogens with one attached hydrogen (secondary N) is 1. The number of methoxy groups -OCH3 is 1. The SMILES string of the molecule is CNC(=O)[C@@H]1[C@@H](OC)C(=O)N(C)C12CCN(C(=O)c1ccc(C(C)(C)C)cc1)CC2. The van der Waals surface area contributed by atoms with Gasteiger partial charge in [0, 0.05) is 39.9 Å². The van der Waals surface area contributed by atoms with Gasteiger partial charge in [-0.15, -0.1) is 0 Å². The number of hydrogen-bond donors (Lipinski definition) is 1. The van der Waals surface area contributed by atoms with Crippen molar-refractivity contribution in [1.82, 2.24) is 15.1 Å². The third-order valence-corrected chi connectivity index (χ3v) is 6.82. The summed E-state index contributed by atoms with van der Waals surface area (Å²) in [5, 5.41) is 2.68. The second-order valence-electron chi connectivity index (χ2n) is 9.37. The number of nitrogens with zero attached hydrogens (tertiary/aromatic N) is 2. The number of piperidine rings is 1. The summed E-state index contributed by atoms with van der Waals surface area (Å²) in [5.41, 5.74) is 1.24. The predicted octanol–water partition coefficient (Wildman–Crippen LogP) is 1.81. The Labute approximate surface area is 178 Å². The first kappa shape index (κ1) is 22.3. The molecular weight excluding hydrogens is 382 g/mol. The second-order valence-corrected chi connectivity index (χ2v) is 9.37. The number of rotatable bonds is 3. The molecule has 2 atom stereocenters. The van der Waals surface area contributed by atoms with Gasteiger partial charge in [-0.25, -0.2) is 0 Å². The molecule has 1 N–H and O–H groups in total. The fraction of sp³-hybridized carbons (Fsp3) is 0.609. The van der Waals surface area contributed by atoms with Gasteiger partial charge in [-0.1, -0.05) is 32.9 Å². The Hall–Kier alpha value is -2.41. The number of likely N-dealkylation sites (tertiary alicyclic amines) is 2. The monoisotopic (exact) mass is 415 g/mol. The lowest BCUT2D eigenvalue weighted by atomic mass is 9.75. The lowest BCUT2D eigenvalue weighted by Crippen LogP contribution is -2.58.